The lowest BCUT2D eigenvalue weighted by Gasteiger charge is -2.16. The minimum Gasteiger partial charge on any atom is -0.550 e. The van der Waals surface area contributed by atoms with Crippen molar-refractivity contribution < 1.29 is 24.2 Å². The molecule has 0 saturated heterocycles. The number of carbonyl (C=O) groups is 3. The van der Waals surface area contributed by atoms with E-state index in [-0.39, 0.29) is 12.8 Å². The topological polar surface area (TPSA) is 108 Å². The van der Waals surface area contributed by atoms with Crippen LogP contribution in [0.15, 0.2) is 24.3 Å². The molecule has 0 aliphatic carbocycles. The number of benzene rings is 1. The van der Waals surface area contributed by atoms with Gasteiger partial charge in [0.15, 0.2) is 0 Å². The molecule has 0 bridgehead atoms. The van der Waals surface area contributed by atoms with Crippen LogP contribution in [0.4, 0.5) is 0 Å². The predicted molar refractivity (Wildman–Crippen MR) is 81.2 cm³/mol. The Morgan fingerprint density at radius 3 is 2.30 bits per heavy atom. The van der Waals surface area contributed by atoms with E-state index < -0.39 is 23.7 Å². The number of amides is 2. The summed E-state index contributed by atoms with van der Waals surface area (Å²) in [4.78, 5) is 34.4. The van der Waals surface area contributed by atoms with E-state index in [0.29, 0.717) is 24.2 Å². The van der Waals surface area contributed by atoms with Crippen LogP contribution in [0.25, 0.3) is 0 Å². The van der Waals surface area contributed by atoms with Gasteiger partial charge in [-0.2, -0.15) is 0 Å². The maximum atomic E-state index is 11.8. The number of methoxy groups -OCH3 is 1. The summed E-state index contributed by atoms with van der Waals surface area (Å²) < 4.78 is 4.99. The van der Waals surface area contributed by atoms with Crippen LogP contribution in [0.2, 0.25) is 0 Å². The Labute approximate surface area is 135 Å². The molecule has 1 rings (SSSR count). The van der Waals surface area contributed by atoms with Crippen molar-refractivity contribution in [1.29, 1.82) is 0 Å². The fourth-order valence-corrected chi connectivity index (χ4v) is 2.04. The molecule has 1 atom stereocenters. The SMILES string of the molecule is CCC[C@@H](CCC(=O)NNC(=O)c1ccc(OC)cc1)C(=O)[O-]. The van der Waals surface area contributed by atoms with Crippen molar-refractivity contribution in [2.45, 2.75) is 32.6 Å². The first-order chi connectivity index (χ1) is 11.0. The summed E-state index contributed by atoms with van der Waals surface area (Å²) in [5.41, 5.74) is 4.91. The van der Waals surface area contributed by atoms with E-state index in [9.17, 15) is 19.5 Å². The molecule has 0 aliphatic heterocycles. The molecule has 1 aromatic carbocycles. The normalized spacial score (nSPS) is 11.4. The Morgan fingerprint density at radius 1 is 1.13 bits per heavy atom. The van der Waals surface area contributed by atoms with Crippen LogP contribution in [0, 0.1) is 5.92 Å². The Balaban J connectivity index is 2.39. The van der Waals surface area contributed by atoms with Crippen LogP contribution in [-0.2, 0) is 9.59 Å². The molecule has 0 aliphatic rings. The number of carbonyl (C=O) groups excluding carboxylic acids is 3. The Kier molecular flexibility index (Phi) is 7.59. The van der Waals surface area contributed by atoms with Crippen LogP contribution >= 0.6 is 0 Å². The molecule has 0 unspecified atom stereocenters. The summed E-state index contributed by atoms with van der Waals surface area (Å²) in [5.74, 6) is -2.10. The molecule has 1 aromatic rings. The number of rotatable bonds is 8. The van der Waals surface area contributed by atoms with Crippen LogP contribution < -0.4 is 20.7 Å². The lowest BCUT2D eigenvalue weighted by molar-refractivity contribution is -0.312. The summed E-state index contributed by atoms with van der Waals surface area (Å²) in [6, 6.07) is 6.39. The van der Waals surface area contributed by atoms with E-state index in [1.165, 1.54) is 7.11 Å². The van der Waals surface area contributed by atoms with Gasteiger partial charge in [-0.15, -0.1) is 0 Å². The zero-order chi connectivity index (χ0) is 17.2. The first-order valence-electron chi connectivity index (χ1n) is 7.42. The van der Waals surface area contributed by atoms with E-state index in [0.717, 1.165) is 0 Å². The summed E-state index contributed by atoms with van der Waals surface area (Å²) >= 11 is 0. The van der Waals surface area contributed by atoms with Gasteiger partial charge in [0.2, 0.25) is 5.91 Å². The van der Waals surface area contributed by atoms with Crippen molar-refractivity contribution in [3.05, 3.63) is 29.8 Å². The maximum Gasteiger partial charge on any atom is 0.269 e. The average molecular weight is 321 g/mol. The number of carboxylic acid groups (broad SMARTS) is 1. The minimum absolute atomic E-state index is 0.00153. The number of ether oxygens (including phenoxy) is 1. The van der Waals surface area contributed by atoms with Crippen LogP contribution in [0.5, 0.6) is 5.75 Å². The van der Waals surface area contributed by atoms with Crippen molar-refractivity contribution in [2.24, 2.45) is 5.92 Å². The molecule has 0 spiro atoms. The van der Waals surface area contributed by atoms with E-state index in [4.69, 9.17) is 4.74 Å². The van der Waals surface area contributed by atoms with Crippen molar-refractivity contribution in [3.8, 4) is 5.75 Å². The second-order valence-corrected chi connectivity index (χ2v) is 5.07. The van der Waals surface area contributed by atoms with Crippen molar-refractivity contribution >= 4 is 17.8 Å². The van der Waals surface area contributed by atoms with E-state index >= 15 is 0 Å². The third kappa shape index (κ3) is 6.37. The first-order valence-corrected chi connectivity index (χ1v) is 7.42. The van der Waals surface area contributed by atoms with Gasteiger partial charge in [-0.1, -0.05) is 13.3 Å². The van der Waals surface area contributed by atoms with Gasteiger partial charge < -0.3 is 14.6 Å². The highest BCUT2D eigenvalue weighted by Crippen LogP contribution is 2.13. The minimum atomic E-state index is -1.15. The molecule has 7 heteroatoms. The largest absolute Gasteiger partial charge is 0.550 e. The zero-order valence-electron chi connectivity index (χ0n) is 13.3. The van der Waals surface area contributed by atoms with Gasteiger partial charge in [0, 0.05) is 18.0 Å². The van der Waals surface area contributed by atoms with Gasteiger partial charge in [0.25, 0.3) is 5.91 Å². The molecule has 126 valence electrons. The standard InChI is InChI=1S/C16H22N2O5/c1-3-4-12(16(21)22)7-10-14(19)17-18-15(20)11-5-8-13(23-2)9-6-11/h5-6,8-9,12H,3-4,7,10H2,1-2H3,(H,17,19)(H,18,20)(H,21,22)/p-1/t12-/m0/s1. The van der Waals surface area contributed by atoms with E-state index in [2.05, 4.69) is 10.9 Å². The van der Waals surface area contributed by atoms with Gasteiger partial charge in [0.05, 0.1) is 7.11 Å². The predicted octanol–water partition coefficient (Wildman–Crippen LogP) is 0.403. The fourth-order valence-electron chi connectivity index (χ4n) is 2.04. The highest BCUT2D eigenvalue weighted by atomic mass is 16.5. The number of hydrogen-bond acceptors (Lipinski definition) is 5. The first kappa shape index (κ1) is 18.5. The molecule has 0 radical (unpaired) electrons. The van der Waals surface area contributed by atoms with Gasteiger partial charge in [-0.25, -0.2) is 0 Å². The maximum absolute atomic E-state index is 11.8. The third-order valence-electron chi connectivity index (χ3n) is 3.36. The van der Waals surface area contributed by atoms with E-state index in [1.54, 1.807) is 24.3 Å². The van der Waals surface area contributed by atoms with Crippen LogP contribution in [0.3, 0.4) is 0 Å². The lowest BCUT2D eigenvalue weighted by atomic mass is 9.98. The average Bonchev–Trinajstić information content (AvgIpc) is 2.56. The molecule has 2 amide bonds. The van der Waals surface area contributed by atoms with Crippen LogP contribution in [0.1, 0.15) is 43.0 Å². The highest BCUT2D eigenvalue weighted by Gasteiger charge is 2.12. The lowest BCUT2D eigenvalue weighted by Crippen LogP contribution is -2.42. The summed E-state index contributed by atoms with van der Waals surface area (Å²) in [6.45, 7) is 1.87. The van der Waals surface area contributed by atoms with Gasteiger partial charge in [-0.3, -0.25) is 20.4 Å². The Hall–Kier alpha value is -2.57. The highest BCUT2D eigenvalue weighted by molar-refractivity contribution is 5.95. The van der Waals surface area contributed by atoms with Gasteiger partial charge in [0.1, 0.15) is 5.75 Å². The second-order valence-electron chi connectivity index (χ2n) is 5.07. The van der Waals surface area contributed by atoms with Crippen molar-refractivity contribution in [2.75, 3.05) is 7.11 Å². The summed E-state index contributed by atoms with van der Waals surface area (Å²) in [7, 11) is 1.52. The van der Waals surface area contributed by atoms with Gasteiger partial charge in [-0.05, 0) is 43.0 Å². The number of hydrogen-bond donors (Lipinski definition) is 2. The Morgan fingerprint density at radius 2 is 1.78 bits per heavy atom. The molecule has 2 N–H and O–H groups in total. The molecule has 0 fully saturated rings. The second kappa shape index (κ2) is 9.45. The number of aliphatic carboxylic acids is 1. The molecular weight excluding hydrogens is 300 g/mol. The van der Waals surface area contributed by atoms with Gasteiger partial charge >= 0.3 is 0 Å². The molecule has 0 heterocycles. The number of hydrazine groups is 1. The Bertz CT molecular complexity index is 542. The third-order valence-corrected chi connectivity index (χ3v) is 3.36. The molecule has 0 saturated carbocycles. The smallest absolute Gasteiger partial charge is 0.269 e. The molecular formula is C16H21N2O5-. The van der Waals surface area contributed by atoms with Crippen molar-refractivity contribution in [1.82, 2.24) is 10.9 Å². The number of carboxylic acids is 1. The quantitative estimate of drug-likeness (QED) is 0.674. The zero-order valence-corrected chi connectivity index (χ0v) is 13.3. The monoisotopic (exact) mass is 321 g/mol. The summed E-state index contributed by atoms with van der Waals surface area (Å²) in [6.07, 6.45) is 1.35. The van der Waals surface area contributed by atoms with Crippen molar-refractivity contribution in [3.63, 3.8) is 0 Å². The summed E-state index contributed by atoms with van der Waals surface area (Å²) in [5, 5.41) is 10.9. The molecule has 7 nitrogen and oxygen atoms in total. The van der Waals surface area contributed by atoms with E-state index in [1.807, 2.05) is 6.92 Å². The number of nitrogens with one attached hydrogen (secondary N) is 2. The molecule has 23 heavy (non-hydrogen) atoms. The fraction of sp³-hybridized carbons (Fsp3) is 0.438. The molecule has 0 aromatic heterocycles. The van der Waals surface area contributed by atoms with Crippen LogP contribution in [-0.4, -0.2) is 24.9 Å².